The summed E-state index contributed by atoms with van der Waals surface area (Å²) in [6, 6.07) is 8.40. The number of halogens is 2. The van der Waals surface area contributed by atoms with Crippen molar-refractivity contribution >= 4 is 37.5 Å². The van der Waals surface area contributed by atoms with Crippen molar-refractivity contribution in [2.24, 2.45) is 0 Å². The topological polar surface area (TPSA) is 75.7 Å². The van der Waals surface area contributed by atoms with E-state index in [4.69, 9.17) is 4.74 Å². The maximum Gasteiger partial charge on any atom is 0.255 e. The van der Waals surface area contributed by atoms with Gasteiger partial charge in [0.25, 0.3) is 5.91 Å². The van der Waals surface area contributed by atoms with Crippen LogP contribution in [0.25, 0.3) is 0 Å². The summed E-state index contributed by atoms with van der Waals surface area (Å²) in [5.74, 6) is -1.05. The first-order valence-electron chi connectivity index (χ1n) is 8.77. The third-order valence-corrected chi connectivity index (χ3v) is 6.95. The van der Waals surface area contributed by atoms with Crippen LogP contribution in [0.15, 0.2) is 45.8 Å². The van der Waals surface area contributed by atoms with E-state index >= 15 is 0 Å². The Morgan fingerprint density at radius 1 is 1.14 bits per heavy atom. The molecule has 1 amide bonds. The Morgan fingerprint density at radius 2 is 1.86 bits per heavy atom. The van der Waals surface area contributed by atoms with Gasteiger partial charge in [0.1, 0.15) is 16.5 Å². The van der Waals surface area contributed by atoms with E-state index in [1.165, 1.54) is 41.7 Å². The average molecular weight is 471 g/mol. The van der Waals surface area contributed by atoms with Crippen LogP contribution in [0.5, 0.6) is 5.75 Å². The highest BCUT2D eigenvalue weighted by molar-refractivity contribution is 9.10. The minimum absolute atomic E-state index is 0.00413. The zero-order valence-corrected chi connectivity index (χ0v) is 17.6. The van der Waals surface area contributed by atoms with Crippen LogP contribution < -0.4 is 10.1 Å². The summed E-state index contributed by atoms with van der Waals surface area (Å²) in [7, 11) is -2.42. The van der Waals surface area contributed by atoms with Crippen LogP contribution in [0.2, 0.25) is 0 Å². The Bertz CT molecular complexity index is 991. The largest absolute Gasteiger partial charge is 0.495 e. The monoisotopic (exact) mass is 470 g/mol. The lowest BCUT2D eigenvalue weighted by atomic mass is 10.2. The summed E-state index contributed by atoms with van der Waals surface area (Å²) in [5.41, 5.74) is 0.100. The lowest BCUT2D eigenvalue weighted by Gasteiger charge is -2.26. The molecular weight excluding hydrogens is 451 g/mol. The van der Waals surface area contributed by atoms with Crippen molar-refractivity contribution in [3.63, 3.8) is 0 Å². The van der Waals surface area contributed by atoms with E-state index in [2.05, 4.69) is 21.2 Å². The molecule has 0 spiro atoms. The van der Waals surface area contributed by atoms with E-state index < -0.39 is 21.7 Å². The number of methoxy groups -OCH3 is 1. The Labute approximate surface area is 171 Å². The third-order valence-electron chi connectivity index (χ3n) is 4.54. The predicted octanol–water partition coefficient (Wildman–Crippen LogP) is 4.02. The molecule has 1 saturated heterocycles. The van der Waals surface area contributed by atoms with Gasteiger partial charge in [0.15, 0.2) is 0 Å². The molecule has 0 radical (unpaired) electrons. The summed E-state index contributed by atoms with van der Waals surface area (Å²) in [6.07, 6.45) is 2.58. The van der Waals surface area contributed by atoms with Crippen LogP contribution in [-0.2, 0) is 10.0 Å². The lowest BCUT2D eigenvalue weighted by molar-refractivity contribution is 0.102. The van der Waals surface area contributed by atoms with Crippen LogP contribution in [0.4, 0.5) is 10.1 Å². The number of hydrogen-bond donors (Lipinski definition) is 1. The molecule has 3 rings (SSSR count). The number of hydrogen-bond acceptors (Lipinski definition) is 4. The first kappa shape index (κ1) is 20.8. The van der Waals surface area contributed by atoms with Crippen molar-refractivity contribution in [3.8, 4) is 5.75 Å². The number of sulfonamides is 1. The van der Waals surface area contributed by atoms with Gasteiger partial charge in [-0.05, 0) is 49.2 Å². The molecule has 150 valence electrons. The highest BCUT2D eigenvalue weighted by Gasteiger charge is 2.29. The maximum atomic E-state index is 14.0. The van der Waals surface area contributed by atoms with Crippen molar-refractivity contribution in [2.45, 2.75) is 24.2 Å². The molecule has 9 heteroatoms. The summed E-state index contributed by atoms with van der Waals surface area (Å²) in [6.45, 7) is 0.873. The van der Waals surface area contributed by atoms with Crippen LogP contribution in [0.3, 0.4) is 0 Å². The van der Waals surface area contributed by atoms with Crippen molar-refractivity contribution in [2.75, 3.05) is 25.5 Å². The quantitative estimate of drug-likeness (QED) is 0.715. The van der Waals surface area contributed by atoms with Gasteiger partial charge in [-0.1, -0.05) is 22.4 Å². The van der Waals surface area contributed by atoms with Crippen LogP contribution in [0, 0.1) is 5.82 Å². The number of benzene rings is 2. The van der Waals surface area contributed by atoms with Gasteiger partial charge in [-0.25, -0.2) is 12.8 Å². The van der Waals surface area contributed by atoms with Gasteiger partial charge in [0, 0.05) is 23.1 Å². The number of nitrogens with zero attached hydrogens (tertiary/aromatic N) is 1. The summed E-state index contributed by atoms with van der Waals surface area (Å²) >= 11 is 3.15. The number of amides is 1. The van der Waals surface area contributed by atoms with E-state index in [0.717, 1.165) is 19.3 Å². The Morgan fingerprint density at radius 3 is 2.50 bits per heavy atom. The van der Waals surface area contributed by atoms with Crippen molar-refractivity contribution in [1.29, 1.82) is 0 Å². The standard InChI is InChI=1S/C19H20BrFN2O4S/c1-27-17-8-5-13(19(24)22-16-7-6-14(20)12-15(16)21)11-18(17)28(25,26)23-9-3-2-4-10-23/h5-8,11-12H,2-4,9-10H2,1H3,(H,22,24). The lowest BCUT2D eigenvalue weighted by Crippen LogP contribution is -2.35. The SMILES string of the molecule is COc1ccc(C(=O)Nc2ccc(Br)cc2F)cc1S(=O)(=O)N1CCCCC1. The molecule has 0 aliphatic carbocycles. The van der Waals surface area contributed by atoms with Gasteiger partial charge in [-0.15, -0.1) is 0 Å². The van der Waals surface area contributed by atoms with Gasteiger partial charge in [-0.2, -0.15) is 4.31 Å². The molecule has 28 heavy (non-hydrogen) atoms. The number of carbonyl (C=O) groups excluding carboxylic acids is 1. The van der Waals surface area contributed by atoms with Crippen molar-refractivity contribution < 1.29 is 22.3 Å². The molecule has 0 aromatic heterocycles. The molecule has 1 heterocycles. The molecule has 0 saturated carbocycles. The molecule has 1 aliphatic rings. The average Bonchev–Trinajstić information content (AvgIpc) is 2.70. The fraction of sp³-hybridized carbons (Fsp3) is 0.316. The third kappa shape index (κ3) is 4.37. The Kier molecular flexibility index (Phi) is 6.36. The first-order chi connectivity index (χ1) is 13.3. The van der Waals surface area contributed by atoms with Crippen molar-refractivity contribution in [1.82, 2.24) is 4.31 Å². The van der Waals surface area contributed by atoms with E-state index in [1.54, 1.807) is 6.07 Å². The zero-order chi connectivity index (χ0) is 20.3. The summed E-state index contributed by atoms with van der Waals surface area (Å²) < 4.78 is 47.2. The highest BCUT2D eigenvalue weighted by Crippen LogP contribution is 2.30. The molecule has 2 aromatic rings. The summed E-state index contributed by atoms with van der Waals surface area (Å²) in [4.78, 5) is 12.5. The number of anilines is 1. The number of ether oxygens (including phenoxy) is 1. The first-order valence-corrected chi connectivity index (χ1v) is 11.0. The minimum atomic E-state index is -3.80. The maximum absolute atomic E-state index is 14.0. The van der Waals surface area contributed by atoms with Gasteiger partial charge in [0.05, 0.1) is 12.8 Å². The molecule has 0 bridgehead atoms. The minimum Gasteiger partial charge on any atom is -0.495 e. The number of nitrogens with one attached hydrogen (secondary N) is 1. The Balaban J connectivity index is 1.92. The number of carbonyl (C=O) groups is 1. The fourth-order valence-corrected chi connectivity index (χ4v) is 5.08. The predicted molar refractivity (Wildman–Crippen MR) is 108 cm³/mol. The summed E-state index contributed by atoms with van der Waals surface area (Å²) in [5, 5.41) is 2.47. The van der Waals surface area contributed by atoms with Gasteiger partial charge in [0.2, 0.25) is 10.0 Å². The highest BCUT2D eigenvalue weighted by atomic mass is 79.9. The molecule has 0 atom stereocenters. The van der Waals surface area contributed by atoms with Gasteiger partial charge < -0.3 is 10.1 Å². The van der Waals surface area contributed by atoms with E-state index in [-0.39, 0.29) is 21.9 Å². The van der Waals surface area contributed by atoms with Crippen LogP contribution in [-0.4, -0.2) is 38.8 Å². The van der Waals surface area contributed by atoms with Crippen LogP contribution >= 0.6 is 15.9 Å². The molecule has 0 unspecified atom stereocenters. The second-order valence-electron chi connectivity index (χ2n) is 6.41. The number of piperidine rings is 1. The second-order valence-corrected chi connectivity index (χ2v) is 9.23. The second kappa shape index (κ2) is 8.59. The molecule has 2 aromatic carbocycles. The zero-order valence-electron chi connectivity index (χ0n) is 15.2. The molecular formula is C19H20BrFN2O4S. The smallest absolute Gasteiger partial charge is 0.255 e. The normalized spacial score (nSPS) is 15.2. The van der Waals surface area contributed by atoms with Crippen molar-refractivity contribution in [3.05, 3.63) is 52.3 Å². The molecule has 6 nitrogen and oxygen atoms in total. The van der Waals surface area contributed by atoms with Gasteiger partial charge >= 0.3 is 0 Å². The molecule has 1 fully saturated rings. The van der Waals surface area contributed by atoms with Crippen LogP contribution in [0.1, 0.15) is 29.6 Å². The molecule has 1 N–H and O–H groups in total. The Hall–Kier alpha value is -1.97. The van der Waals surface area contributed by atoms with E-state index in [0.29, 0.717) is 17.6 Å². The van der Waals surface area contributed by atoms with E-state index in [9.17, 15) is 17.6 Å². The van der Waals surface area contributed by atoms with Gasteiger partial charge in [-0.3, -0.25) is 4.79 Å². The molecule has 1 aliphatic heterocycles. The fourth-order valence-electron chi connectivity index (χ4n) is 3.05. The number of rotatable bonds is 5. The van der Waals surface area contributed by atoms with E-state index in [1.807, 2.05) is 0 Å².